The zero-order valence-corrected chi connectivity index (χ0v) is 12.7. The van der Waals surface area contributed by atoms with Crippen molar-refractivity contribution >= 4 is 22.5 Å². The molecule has 3 rings (SSSR count). The first-order chi connectivity index (χ1) is 11.0. The molecule has 0 radical (unpaired) electrons. The fourth-order valence-corrected chi connectivity index (χ4v) is 2.54. The monoisotopic (exact) mass is 314 g/mol. The fourth-order valence-electron chi connectivity index (χ4n) is 2.54. The smallest absolute Gasteiger partial charge is 0.277 e. The molecule has 2 heterocycles. The van der Waals surface area contributed by atoms with Crippen LogP contribution in [0, 0.1) is 12.7 Å². The molecule has 0 fully saturated rings. The number of hydrogen-bond donors (Lipinski definition) is 1. The predicted molar refractivity (Wildman–Crippen MR) is 84.7 cm³/mol. The number of nitrogens with zero attached hydrogens (tertiary/aromatic N) is 3. The highest BCUT2D eigenvalue weighted by Gasteiger charge is 2.12. The molecule has 0 aliphatic heterocycles. The van der Waals surface area contributed by atoms with Gasteiger partial charge in [-0.2, -0.15) is 5.10 Å². The number of anilines is 1. The summed E-state index contributed by atoms with van der Waals surface area (Å²) in [4.78, 5) is 24.5. The molecular weight excluding hydrogens is 299 g/mol. The van der Waals surface area contributed by atoms with Gasteiger partial charge in [-0.05, 0) is 31.2 Å². The van der Waals surface area contributed by atoms with Crippen molar-refractivity contribution in [2.24, 2.45) is 7.05 Å². The average Bonchev–Trinajstić information content (AvgIpc) is 2.77. The normalized spacial score (nSPS) is 10.9. The molecule has 7 heteroatoms. The van der Waals surface area contributed by atoms with Gasteiger partial charge in [0.15, 0.2) is 0 Å². The molecule has 1 amide bonds. The van der Waals surface area contributed by atoms with Crippen molar-refractivity contribution in [2.45, 2.75) is 13.5 Å². The Kier molecular flexibility index (Phi) is 3.69. The molecule has 0 bridgehead atoms. The lowest BCUT2D eigenvalue weighted by Gasteiger charge is -2.08. The minimum atomic E-state index is -0.438. The maximum absolute atomic E-state index is 13.1. The van der Waals surface area contributed by atoms with Crippen molar-refractivity contribution < 1.29 is 9.18 Å². The van der Waals surface area contributed by atoms with E-state index in [0.717, 1.165) is 11.1 Å². The molecule has 2 aromatic heterocycles. The number of aryl methyl sites for hydroxylation is 2. The van der Waals surface area contributed by atoms with Crippen molar-refractivity contribution in [1.29, 1.82) is 0 Å². The van der Waals surface area contributed by atoms with Crippen LogP contribution in [0.1, 0.15) is 5.69 Å². The van der Waals surface area contributed by atoms with E-state index in [1.807, 2.05) is 6.92 Å². The summed E-state index contributed by atoms with van der Waals surface area (Å²) in [5.74, 6) is -0.845. The van der Waals surface area contributed by atoms with E-state index in [1.54, 1.807) is 25.4 Å². The number of fused-ring (bicyclic) bond motifs is 1. The minimum Gasteiger partial charge on any atom is -0.324 e. The number of aromatic nitrogens is 3. The Labute approximate surface area is 131 Å². The van der Waals surface area contributed by atoms with Gasteiger partial charge in [-0.15, -0.1) is 0 Å². The highest BCUT2D eigenvalue weighted by Crippen LogP contribution is 2.13. The van der Waals surface area contributed by atoms with Crippen LogP contribution in [0.5, 0.6) is 0 Å². The molecule has 0 saturated carbocycles. The van der Waals surface area contributed by atoms with Gasteiger partial charge in [-0.25, -0.2) is 4.39 Å². The fraction of sp³-hybridized carbons (Fsp3) is 0.188. The van der Waals surface area contributed by atoms with Crippen molar-refractivity contribution in [3.63, 3.8) is 0 Å². The van der Waals surface area contributed by atoms with Gasteiger partial charge in [0.2, 0.25) is 5.91 Å². The van der Waals surface area contributed by atoms with Gasteiger partial charge < -0.3 is 9.88 Å². The highest BCUT2D eigenvalue weighted by molar-refractivity contribution is 5.90. The quantitative estimate of drug-likeness (QED) is 0.802. The SMILES string of the molecule is Cc1nn(C)c2c(=O)n(CC(=O)Nc3cccc(F)c3)ccc12. The second kappa shape index (κ2) is 5.68. The number of carbonyl (C=O) groups excluding carboxylic acids is 1. The van der Waals surface area contributed by atoms with Gasteiger partial charge in [0, 0.05) is 24.3 Å². The zero-order chi connectivity index (χ0) is 16.6. The summed E-state index contributed by atoms with van der Waals surface area (Å²) in [5, 5.41) is 7.54. The molecule has 118 valence electrons. The third-order valence-corrected chi connectivity index (χ3v) is 3.58. The number of amides is 1. The van der Waals surface area contributed by atoms with Crippen LogP contribution in [0.3, 0.4) is 0 Å². The van der Waals surface area contributed by atoms with Crippen molar-refractivity contribution in [1.82, 2.24) is 14.3 Å². The molecule has 0 saturated heterocycles. The number of hydrogen-bond acceptors (Lipinski definition) is 3. The lowest BCUT2D eigenvalue weighted by atomic mass is 10.2. The van der Waals surface area contributed by atoms with E-state index in [9.17, 15) is 14.0 Å². The summed E-state index contributed by atoms with van der Waals surface area (Å²) in [6.45, 7) is 1.66. The van der Waals surface area contributed by atoms with Gasteiger partial charge >= 0.3 is 0 Å². The molecule has 0 aliphatic rings. The number of nitrogens with one attached hydrogen (secondary N) is 1. The Morgan fingerprint density at radius 1 is 1.35 bits per heavy atom. The van der Waals surface area contributed by atoms with Crippen LogP contribution < -0.4 is 10.9 Å². The number of benzene rings is 1. The third-order valence-electron chi connectivity index (χ3n) is 3.58. The molecule has 1 aromatic carbocycles. The Morgan fingerprint density at radius 3 is 2.87 bits per heavy atom. The molecule has 0 spiro atoms. The van der Waals surface area contributed by atoms with Crippen molar-refractivity contribution in [3.8, 4) is 0 Å². The largest absolute Gasteiger partial charge is 0.324 e. The van der Waals surface area contributed by atoms with E-state index in [-0.39, 0.29) is 12.1 Å². The highest BCUT2D eigenvalue weighted by atomic mass is 19.1. The molecule has 0 unspecified atom stereocenters. The first-order valence-corrected chi connectivity index (χ1v) is 7.04. The summed E-state index contributed by atoms with van der Waals surface area (Å²) >= 11 is 0. The zero-order valence-electron chi connectivity index (χ0n) is 12.7. The van der Waals surface area contributed by atoms with E-state index in [0.29, 0.717) is 11.2 Å². The Bertz CT molecular complexity index is 958. The molecule has 3 aromatic rings. The lowest BCUT2D eigenvalue weighted by molar-refractivity contribution is -0.116. The van der Waals surface area contributed by atoms with Crippen LogP contribution in [0.25, 0.3) is 10.9 Å². The number of carbonyl (C=O) groups is 1. The van der Waals surface area contributed by atoms with Gasteiger partial charge in [-0.1, -0.05) is 6.07 Å². The Balaban J connectivity index is 1.87. The van der Waals surface area contributed by atoms with Crippen LogP contribution in [-0.2, 0) is 18.4 Å². The number of halogens is 1. The first-order valence-electron chi connectivity index (χ1n) is 7.04. The summed E-state index contributed by atoms with van der Waals surface area (Å²) in [6.07, 6.45) is 1.56. The van der Waals surface area contributed by atoms with Crippen LogP contribution in [0.15, 0.2) is 41.3 Å². The van der Waals surface area contributed by atoms with Gasteiger partial charge in [0.1, 0.15) is 17.9 Å². The summed E-state index contributed by atoms with van der Waals surface area (Å²) in [5.41, 5.74) is 1.26. The lowest BCUT2D eigenvalue weighted by Crippen LogP contribution is -2.28. The van der Waals surface area contributed by atoms with Crippen molar-refractivity contribution in [3.05, 3.63) is 58.4 Å². The van der Waals surface area contributed by atoms with Crippen LogP contribution in [0.4, 0.5) is 10.1 Å². The van der Waals surface area contributed by atoms with E-state index in [2.05, 4.69) is 10.4 Å². The molecule has 23 heavy (non-hydrogen) atoms. The summed E-state index contributed by atoms with van der Waals surface area (Å²) < 4.78 is 15.9. The van der Waals surface area contributed by atoms with E-state index in [4.69, 9.17) is 0 Å². The molecule has 0 aliphatic carbocycles. The first kappa shape index (κ1) is 15.0. The average molecular weight is 314 g/mol. The maximum Gasteiger partial charge on any atom is 0.277 e. The topological polar surface area (TPSA) is 68.9 Å². The summed E-state index contributed by atoms with van der Waals surface area (Å²) in [6, 6.07) is 7.35. The Morgan fingerprint density at radius 2 is 2.13 bits per heavy atom. The predicted octanol–water partition coefficient (Wildman–Crippen LogP) is 1.82. The second-order valence-corrected chi connectivity index (χ2v) is 5.28. The Hall–Kier alpha value is -2.96. The number of rotatable bonds is 3. The van der Waals surface area contributed by atoms with Crippen LogP contribution in [-0.4, -0.2) is 20.3 Å². The third kappa shape index (κ3) is 2.85. The van der Waals surface area contributed by atoms with Gasteiger partial charge in [0.25, 0.3) is 5.56 Å². The molecular formula is C16H15FN4O2. The van der Waals surface area contributed by atoms with E-state index >= 15 is 0 Å². The van der Waals surface area contributed by atoms with E-state index in [1.165, 1.54) is 27.4 Å². The van der Waals surface area contributed by atoms with Gasteiger partial charge in [0.05, 0.1) is 5.69 Å². The van der Waals surface area contributed by atoms with Gasteiger partial charge in [-0.3, -0.25) is 14.3 Å². The minimum absolute atomic E-state index is 0.157. The second-order valence-electron chi connectivity index (χ2n) is 5.28. The maximum atomic E-state index is 13.1. The van der Waals surface area contributed by atoms with E-state index < -0.39 is 11.7 Å². The molecule has 1 N–H and O–H groups in total. The summed E-state index contributed by atoms with van der Waals surface area (Å²) in [7, 11) is 1.69. The molecule has 0 atom stereocenters. The van der Waals surface area contributed by atoms with Crippen LogP contribution in [0.2, 0.25) is 0 Å². The molecule has 6 nitrogen and oxygen atoms in total. The number of pyridine rings is 1. The van der Waals surface area contributed by atoms with Crippen molar-refractivity contribution in [2.75, 3.05) is 5.32 Å². The standard InChI is InChI=1S/C16H15FN4O2/c1-10-13-6-7-21(16(23)15(13)20(2)19-10)9-14(22)18-12-5-3-4-11(17)8-12/h3-8H,9H2,1-2H3,(H,18,22). The van der Waals surface area contributed by atoms with Crippen LogP contribution >= 0.6 is 0 Å².